The number of nitrogens with zero attached hydrogens (tertiary/aromatic N) is 1. The van der Waals surface area contributed by atoms with Crippen LogP contribution in [0.1, 0.15) is 34.5 Å². The Hall–Kier alpha value is -1.95. The minimum Gasteiger partial charge on any atom is -0.321 e. The van der Waals surface area contributed by atoms with Crippen molar-refractivity contribution < 1.29 is 21.6 Å². The summed E-state index contributed by atoms with van der Waals surface area (Å²) in [5.74, 6) is -0.551. The third kappa shape index (κ3) is 5.16. The lowest BCUT2D eigenvalue weighted by atomic mass is 10.2. The maximum absolute atomic E-state index is 13.0. The van der Waals surface area contributed by atoms with Gasteiger partial charge in [-0.25, -0.2) is 16.8 Å². The van der Waals surface area contributed by atoms with E-state index < -0.39 is 26.0 Å². The Morgan fingerprint density at radius 2 is 1.76 bits per heavy atom. The van der Waals surface area contributed by atoms with Gasteiger partial charge in [-0.15, -0.1) is 11.3 Å². The fourth-order valence-corrected chi connectivity index (χ4v) is 6.54. The number of carbonyl (C=O) groups excluding carboxylic acids is 1. The van der Waals surface area contributed by atoms with Crippen LogP contribution in [0.3, 0.4) is 0 Å². The zero-order valence-electron chi connectivity index (χ0n) is 16.1. The van der Waals surface area contributed by atoms with Crippen molar-refractivity contribution in [2.75, 3.05) is 29.4 Å². The van der Waals surface area contributed by atoms with Crippen LogP contribution in [-0.4, -0.2) is 46.4 Å². The second-order valence-corrected chi connectivity index (χ2v) is 11.5. The van der Waals surface area contributed by atoms with Gasteiger partial charge in [0.2, 0.25) is 20.0 Å². The maximum Gasteiger partial charge on any atom is 0.267 e. The largest absolute Gasteiger partial charge is 0.321 e. The molecule has 1 amide bonds. The number of thiophene rings is 1. The molecule has 1 aromatic heterocycles. The molecule has 1 aromatic carbocycles. The van der Waals surface area contributed by atoms with Gasteiger partial charge < -0.3 is 5.32 Å². The van der Waals surface area contributed by atoms with Crippen molar-refractivity contribution in [3.05, 3.63) is 40.1 Å². The van der Waals surface area contributed by atoms with Gasteiger partial charge >= 0.3 is 0 Å². The van der Waals surface area contributed by atoms with Crippen molar-refractivity contribution in [1.29, 1.82) is 0 Å². The average molecular weight is 458 g/mol. The van der Waals surface area contributed by atoms with Crippen LogP contribution >= 0.6 is 11.3 Å². The lowest BCUT2D eigenvalue weighted by Gasteiger charge is -2.25. The Morgan fingerprint density at radius 3 is 2.41 bits per heavy atom. The molecule has 3 rings (SSSR count). The van der Waals surface area contributed by atoms with Crippen LogP contribution < -0.4 is 10.0 Å². The summed E-state index contributed by atoms with van der Waals surface area (Å²) in [5, 5.41) is 4.25. The fourth-order valence-electron chi connectivity index (χ4n) is 3.11. The number of piperidine rings is 1. The Kier molecular flexibility index (Phi) is 6.32. The van der Waals surface area contributed by atoms with Crippen LogP contribution in [-0.2, 0) is 20.0 Å². The maximum atomic E-state index is 13.0. The smallest absolute Gasteiger partial charge is 0.267 e. The van der Waals surface area contributed by atoms with Crippen LogP contribution in [0.15, 0.2) is 34.5 Å². The number of anilines is 2. The summed E-state index contributed by atoms with van der Waals surface area (Å²) in [4.78, 5) is 12.9. The molecule has 2 aromatic rings. The van der Waals surface area contributed by atoms with E-state index in [4.69, 9.17) is 0 Å². The standard InChI is InChI=1S/C18H23N3O5S3/c1-13-6-7-14(12-15(13)20-28(2,23)24)19-18(22)17-16(8-11-27-17)29(25,26)21-9-4-3-5-10-21/h6-8,11-12,20H,3-5,9-10H2,1-2H3,(H,19,22). The number of rotatable bonds is 6. The summed E-state index contributed by atoms with van der Waals surface area (Å²) in [7, 11) is -7.21. The minimum atomic E-state index is -3.73. The van der Waals surface area contributed by atoms with E-state index in [1.54, 1.807) is 24.4 Å². The predicted molar refractivity (Wildman–Crippen MR) is 115 cm³/mol. The number of hydrogen-bond donors (Lipinski definition) is 2. The van der Waals surface area contributed by atoms with Gasteiger partial charge in [-0.2, -0.15) is 4.31 Å². The van der Waals surface area contributed by atoms with Gasteiger partial charge in [0, 0.05) is 18.8 Å². The molecular weight excluding hydrogens is 434 g/mol. The van der Waals surface area contributed by atoms with E-state index in [9.17, 15) is 21.6 Å². The third-order valence-electron chi connectivity index (χ3n) is 4.56. The van der Waals surface area contributed by atoms with Crippen LogP contribution in [0.4, 0.5) is 11.4 Å². The van der Waals surface area contributed by atoms with Gasteiger partial charge in [0.15, 0.2) is 0 Å². The first-order valence-corrected chi connectivity index (χ1v) is 13.3. The van der Waals surface area contributed by atoms with Crippen molar-refractivity contribution in [3.8, 4) is 0 Å². The zero-order chi connectivity index (χ0) is 21.2. The van der Waals surface area contributed by atoms with Gasteiger partial charge in [0.05, 0.1) is 11.9 Å². The number of amides is 1. The number of benzene rings is 1. The molecule has 1 aliphatic heterocycles. The average Bonchev–Trinajstić information content (AvgIpc) is 3.15. The molecule has 0 unspecified atom stereocenters. The monoisotopic (exact) mass is 457 g/mol. The Balaban J connectivity index is 1.84. The van der Waals surface area contributed by atoms with Gasteiger partial charge in [-0.3, -0.25) is 9.52 Å². The van der Waals surface area contributed by atoms with Gasteiger partial charge in [-0.05, 0) is 48.9 Å². The summed E-state index contributed by atoms with van der Waals surface area (Å²) in [6.45, 7) is 2.65. The molecule has 0 atom stereocenters. The van der Waals surface area contributed by atoms with E-state index in [0.717, 1.165) is 36.9 Å². The Bertz CT molecular complexity index is 1120. The topological polar surface area (TPSA) is 113 Å². The first-order chi connectivity index (χ1) is 13.6. The molecule has 0 aliphatic carbocycles. The van der Waals surface area contributed by atoms with E-state index in [1.807, 2.05) is 0 Å². The number of sulfonamides is 2. The lowest BCUT2D eigenvalue weighted by molar-refractivity contribution is 0.102. The quantitative estimate of drug-likeness (QED) is 0.693. The molecule has 0 bridgehead atoms. The molecule has 158 valence electrons. The van der Waals surface area contributed by atoms with Crippen molar-refractivity contribution in [3.63, 3.8) is 0 Å². The van der Waals surface area contributed by atoms with Gasteiger partial charge in [0.1, 0.15) is 9.77 Å². The molecule has 1 saturated heterocycles. The normalized spacial score (nSPS) is 15.8. The van der Waals surface area contributed by atoms with Crippen molar-refractivity contribution in [2.45, 2.75) is 31.1 Å². The van der Waals surface area contributed by atoms with Crippen LogP contribution in [0.25, 0.3) is 0 Å². The summed E-state index contributed by atoms with van der Waals surface area (Å²) >= 11 is 1.06. The summed E-state index contributed by atoms with van der Waals surface area (Å²) < 4.78 is 52.8. The third-order valence-corrected chi connectivity index (χ3v) is 8.13. The van der Waals surface area contributed by atoms with E-state index in [1.165, 1.54) is 16.4 Å². The van der Waals surface area contributed by atoms with E-state index >= 15 is 0 Å². The van der Waals surface area contributed by atoms with Gasteiger partial charge in [0.25, 0.3) is 5.91 Å². The van der Waals surface area contributed by atoms with Crippen LogP contribution in [0.5, 0.6) is 0 Å². The highest BCUT2D eigenvalue weighted by Gasteiger charge is 2.31. The van der Waals surface area contributed by atoms with E-state index in [0.29, 0.717) is 30.0 Å². The molecule has 2 heterocycles. The molecule has 1 aliphatic rings. The van der Waals surface area contributed by atoms with Crippen molar-refractivity contribution >= 4 is 48.7 Å². The molecule has 2 N–H and O–H groups in total. The molecule has 0 spiro atoms. The highest BCUT2D eigenvalue weighted by Crippen LogP contribution is 2.29. The molecule has 0 saturated carbocycles. The second-order valence-electron chi connectivity index (χ2n) is 6.94. The molecule has 0 radical (unpaired) electrons. The number of carbonyl (C=O) groups is 1. The highest BCUT2D eigenvalue weighted by atomic mass is 32.2. The van der Waals surface area contributed by atoms with Crippen molar-refractivity contribution in [2.24, 2.45) is 0 Å². The SMILES string of the molecule is Cc1ccc(NC(=O)c2sccc2S(=O)(=O)N2CCCCC2)cc1NS(C)(=O)=O. The molecule has 1 fully saturated rings. The fraction of sp³-hybridized carbons (Fsp3) is 0.389. The first kappa shape index (κ1) is 21.8. The van der Waals surface area contributed by atoms with Crippen LogP contribution in [0, 0.1) is 6.92 Å². The van der Waals surface area contributed by atoms with E-state index in [-0.39, 0.29) is 9.77 Å². The summed E-state index contributed by atoms with van der Waals surface area (Å²) in [6.07, 6.45) is 3.66. The zero-order valence-corrected chi connectivity index (χ0v) is 18.6. The molecular formula is C18H23N3O5S3. The predicted octanol–water partition coefficient (Wildman–Crippen LogP) is 2.85. The molecule has 29 heavy (non-hydrogen) atoms. The first-order valence-electron chi connectivity index (χ1n) is 9.05. The Labute approximate surface area is 175 Å². The van der Waals surface area contributed by atoms with Crippen molar-refractivity contribution in [1.82, 2.24) is 4.31 Å². The number of nitrogens with one attached hydrogen (secondary N) is 2. The molecule has 11 heteroatoms. The Morgan fingerprint density at radius 1 is 1.07 bits per heavy atom. The highest BCUT2D eigenvalue weighted by molar-refractivity contribution is 7.92. The summed E-state index contributed by atoms with van der Waals surface area (Å²) in [5.41, 5.74) is 1.40. The second kappa shape index (κ2) is 8.42. The van der Waals surface area contributed by atoms with Crippen LogP contribution in [0.2, 0.25) is 0 Å². The lowest BCUT2D eigenvalue weighted by Crippen LogP contribution is -2.36. The van der Waals surface area contributed by atoms with Gasteiger partial charge in [-0.1, -0.05) is 12.5 Å². The molecule has 8 nitrogen and oxygen atoms in total. The number of hydrogen-bond acceptors (Lipinski definition) is 6. The van der Waals surface area contributed by atoms with E-state index in [2.05, 4.69) is 10.0 Å². The minimum absolute atomic E-state index is 0.00324. The summed E-state index contributed by atoms with van der Waals surface area (Å²) in [6, 6.07) is 6.26. The number of aryl methyl sites for hydroxylation is 1.